The molecule has 0 bridgehead atoms. The van der Waals surface area contributed by atoms with Crippen LogP contribution in [0.5, 0.6) is 0 Å². The molecule has 6 heteroatoms. The van der Waals surface area contributed by atoms with Crippen molar-refractivity contribution in [1.82, 2.24) is 0 Å². The fourth-order valence-electron chi connectivity index (χ4n) is 3.54. The largest absolute Gasteiger partial charge is 0.459 e. The Kier molecular flexibility index (Phi) is 7.38. The van der Waals surface area contributed by atoms with Crippen LogP contribution in [0.3, 0.4) is 0 Å². The number of carbonyl (C=O) groups excluding carboxylic acids is 1. The van der Waals surface area contributed by atoms with Gasteiger partial charge in [-0.2, -0.15) is 0 Å². The smallest absolute Gasteiger partial charge is 0.290 e. The van der Waals surface area contributed by atoms with Crippen LogP contribution in [0.2, 0.25) is 0 Å². The summed E-state index contributed by atoms with van der Waals surface area (Å²) >= 11 is 0. The minimum absolute atomic E-state index is 0.0521. The maximum atomic E-state index is 13.4. The Balaban J connectivity index is 1.92. The van der Waals surface area contributed by atoms with Crippen LogP contribution in [0.25, 0.3) is 0 Å². The molecule has 0 aromatic heterocycles. The number of hydrogen-bond acceptors (Lipinski definition) is 4. The van der Waals surface area contributed by atoms with E-state index in [0.717, 1.165) is 5.56 Å². The summed E-state index contributed by atoms with van der Waals surface area (Å²) in [5.74, 6) is -0.833. The number of rotatable bonds is 8. The first-order valence-electron chi connectivity index (χ1n) is 9.85. The van der Waals surface area contributed by atoms with E-state index in [-0.39, 0.29) is 35.9 Å². The molecule has 5 nitrogen and oxygen atoms in total. The molecule has 0 saturated heterocycles. The third kappa shape index (κ3) is 5.43. The van der Waals surface area contributed by atoms with Crippen LogP contribution in [0, 0.1) is 11.7 Å². The molecule has 0 aliphatic carbocycles. The number of benzene rings is 2. The second-order valence-electron chi connectivity index (χ2n) is 6.90. The first-order valence-corrected chi connectivity index (χ1v) is 9.85. The van der Waals surface area contributed by atoms with Gasteiger partial charge in [-0.3, -0.25) is 4.79 Å². The topological polar surface area (TPSA) is 67.8 Å². The van der Waals surface area contributed by atoms with Gasteiger partial charge < -0.3 is 19.9 Å². The highest BCUT2D eigenvalue weighted by molar-refractivity contribution is 6.02. The van der Waals surface area contributed by atoms with Gasteiger partial charge in [0.15, 0.2) is 5.76 Å². The Morgan fingerprint density at radius 3 is 2.55 bits per heavy atom. The van der Waals surface area contributed by atoms with Gasteiger partial charge in [0.05, 0.1) is 0 Å². The van der Waals surface area contributed by atoms with Crippen molar-refractivity contribution in [2.75, 3.05) is 18.5 Å². The molecule has 29 heavy (non-hydrogen) atoms. The summed E-state index contributed by atoms with van der Waals surface area (Å²) in [5, 5.41) is 12.1. The summed E-state index contributed by atoms with van der Waals surface area (Å²) in [5.41, 5.74) is 1.53. The Morgan fingerprint density at radius 2 is 1.90 bits per heavy atom. The van der Waals surface area contributed by atoms with Gasteiger partial charge in [-0.05, 0) is 55.7 Å². The Hall–Kier alpha value is -2.70. The van der Waals surface area contributed by atoms with Crippen molar-refractivity contribution in [2.24, 2.45) is 5.92 Å². The highest BCUT2D eigenvalue weighted by Gasteiger charge is 2.37. The first-order chi connectivity index (χ1) is 14.1. The zero-order chi connectivity index (χ0) is 20.6. The normalized spacial score (nSPS) is 21.2. The molecular weight excluding hydrogens is 373 g/mol. The van der Waals surface area contributed by atoms with E-state index < -0.39 is 6.29 Å². The highest BCUT2D eigenvalue weighted by atomic mass is 19.1. The number of halogens is 1. The Morgan fingerprint density at radius 1 is 1.17 bits per heavy atom. The lowest BCUT2D eigenvalue weighted by molar-refractivity contribution is -0.165. The molecule has 2 N–H and O–H groups in total. The van der Waals surface area contributed by atoms with Crippen LogP contribution in [0.15, 0.2) is 66.4 Å². The average molecular weight is 399 g/mol. The predicted octanol–water partition coefficient (Wildman–Crippen LogP) is 4.21. The number of hydrogen-bond donors (Lipinski definition) is 2. The van der Waals surface area contributed by atoms with E-state index in [4.69, 9.17) is 9.47 Å². The van der Waals surface area contributed by atoms with Crippen LogP contribution in [-0.4, -0.2) is 30.5 Å². The zero-order valence-electron chi connectivity index (χ0n) is 16.4. The fraction of sp³-hybridized carbons (Fsp3) is 0.348. The zero-order valence-corrected chi connectivity index (χ0v) is 16.4. The van der Waals surface area contributed by atoms with Crippen molar-refractivity contribution in [1.29, 1.82) is 0 Å². The van der Waals surface area contributed by atoms with Crippen molar-refractivity contribution in [3.05, 3.63) is 77.8 Å². The second kappa shape index (κ2) is 10.2. The number of allylic oxidation sites excluding steroid dienone is 1. The van der Waals surface area contributed by atoms with E-state index in [2.05, 4.69) is 5.32 Å². The van der Waals surface area contributed by atoms with E-state index in [9.17, 15) is 14.3 Å². The Bertz CT molecular complexity index is 823. The van der Waals surface area contributed by atoms with Gasteiger partial charge in [-0.15, -0.1) is 0 Å². The molecule has 3 rings (SSSR count). The fourth-order valence-corrected chi connectivity index (χ4v) is 3.54. The lowest BCUT2D eigenvalue weighted by Gasteiger charge is -2.37. The van der Waals surface area contributed by atoms with Gasteiger partial charge in [-0.25, -0.2) is 4.39 Å². The number of carbonyl (C=O) groups is 1. The standard InChI is InChI=1S/C23H26FNO4/c1-2-28-23-19(9-6-14-26)20(16-10-12-17(24)13-11-16)15-21(29-23)22(27)25-18-7-4-3-5-8-18/h3-5,7-8,10-13,15,19-20,23,26H,2,6,9,14H2,1H3,(H,25,27)/t19-,20-,23-/m0/s1. The van der Waals surface area contributed by atoms with Gasteiger partial charge in [0.25, 0.3) is 5.91 Å². The maximum Gasteiger partial charge on any atom is 0.290 e. The van der Waals surface area contributed by atoms with E-state index in [0.29, 0.717) is 25.1 Å². The predicted molar refractivity (Wildman–Crippen MR) is 109 cm³/mol. The molecule has 0 spiro atoms. The SMILES string of the molecule is CCO[C@H]1OC(C(=O)Nc2ccccc2)=C[C@@H](c2ccc(F)cc2)[C@@H]1CCCO. The lowest BCUT2D eigenvalue weighted by Crippen LogP contribution is -2.37. The van der Waals surface area contributed by atoms with Crippen LogP contribution in [-0.2, 0) is 14.3 Å². The quantitative estimate of drug-likeness (QED) is 0.698. The molecule has 2 aromatic carbocycles. The molecule has 1 amide bonds. The van der Waals surface area contributed by atoms with Crippen LogP contribution < -0.4 is 5.32 Å². The third-order valence-corrected chi connectivity index (χ3v) is 4.92. The molecule has 0 radical (unpaired) electrons. The van der Waals surface area contributed by atoms with Crippen LogP contribution >= 0.6 is 0 Å². The molecule has 1 heterocycles. The Labute approximate surface area is 170 Å². The van der Waals surface area contributed by atoms with Gasteiger partial charge in [0.1, 0.15) is 5.82 Å². The van der Waals surface area contributed by atoms with E-state index in [1.807, 2.05) is 25.1 Å². The number of aliphatic hydroxyl groups excluding tert-OH is 1. The van der Waals surface area contributed by atoms with Gasteiger partial charge in [-0.1, -0.05) is 30.3 Å². The van der Waals surface area contributed by atoms with Crippen molar-refractivity contribution in [2.45, 2.75) is 32.0 Å². The van der Waals surface area contributed by atoms with Crippen LogP contribution in [0.1, 0.15) is 31.2 Å². The number of aliphatic hydroxyl groups is 1. The summed E-state index contributed by atoms with van der Waals surface area (Å²) < 4.78 is 25.2. The average Bonchev–Trinajstić information content (AvgIpc) is 2.74. The van der Waals surface area contributed by atoms with Crippen molar-refractivity contribution >= 4 is 11.6 Å². The summed E-state index contributed by atoms with van der Waals surface area (Å²) in [6.45, 7) is 2.34. The molecule has 1 aliphatic heterocycles. The summed E-state index contributed by atoms with van der Waals surface area (Å²) in [4.78, 5) is 12.8. The molecule has 0 saturated carbocycles. The lowest BCUT2D eigenvalue weighted by atomic mass is 9.80. The first kappa shape index (κ1) is 21.0. The van der Waals surface area contributed by atoms with Gasteiger partial charge in [0.2, 0.25) is 6.29 Å². The number of para-hydroxylation sites is 1. The molecule has 2 aromatic rings. The summed E-state index contributed by atoms with van der Waals surface area (Å²) in [6, 6.07) is 15.4. The second-order valence-corrected chi connectivity index (χ2v) is 6.90. The summed E-state index contributed by atoms with van der Waals surface area (Å²) in [7, 11) is 0. The van der Waals surface area contributed by atoms with Gasteiger partial charge in [0, 0.05) is 30.7 Å². The molecule has 1 aliphatic rings. The molecule has 0 fully saturated rings. The van der Waals surface area contributed by atoms with Gasteiger partial charge >= 0.3 is 0 Å². The number of amides is 1. The maximum absolute atomic E-state index is 13.4. The number of anilines is 1. The molecule has 3 atom stereocenters. The highest BCUT2D eigenvalue weighted by Crippen LogP contribution is 2.39. The monoisotopic (exact) mass is 399 g/mol. The van der Waals surface area contributed by atoms with E-state index in [1.54, 1.807) is 30.3 Å². The minimum Gasteiger partial charge on any atom is -0.459 e. The van der Waals surface area contributed by atoms with E-state index in [1.165, 1.54) is 12.1 Å². The van der Waals surface area contributed by atoms with Crippen molar-refractivity contribution in [3.8, 4) is 0 Å². The third-order valence-electron chi connectivity index (χ3n) is 4.92. The number of nitrogens with one attached hydrogen (secondary N) is 1. The molecule has 0 unspecified atom stereocenters. The summed E-state index contributed by atoms with van der Waals surface area (Å²) in [6.07, 6.45) is 2.36. The van der Waals surface area contributed by atoms with E-state index >= 15 is 0 Å². The molecular formula is C23H26FNO4. The molecule has 154 valence electrons. The van der Waals surface area contributed by atoms with Crippen LogP contribution in [0.4, 0.5) is 10.1 Å². The van der Waals surface area contributed by atoms with Crippen molar-refractivity contribution in [3.63, 3.8) is 0 Å². The number of ether oxygens (including phenoxy) is 2. The minimum atomic E-state index is -0.636. The van der Waals surface area contributed by atoms with Crippen molar-refractivity contribution < 1.29 is 23.8 Å².